The number of carbonyl (C=O) groups is 4. The van der Waals surface area contributed by atoms with E-state index in [2.05, 4.69) is 32.9 Å². The summed E-state index contributed by atoms with van der Waals surface area (Å²) in [6.07, 6.45) is 2.62. The number of carbonyl (C=O) groups excluding carboxylic acids is 3. The van der Waals surface area contributed by atoms with Crippen LogP contribution in [0.2, 0.25) is 0 Å². The molecule has 208 valence electrons. The van der Waals surface area contributed by atoms with Gasteiger partial charge in [0.05, 0.1) is 6.61 Å². The van der Waals surface area contributed by atoms with E-state index in [1.165, 1.54) is 26.3 Å². The second kappa shape index (κ2) is 20.9. The summed E-state index contributed by atoms with van der Waals surface area (Å²) in [6, 6.07) is 10.0. The minimum Gasteiger partial charge on any atom is -0.478 e. The van der Waals surface area contributed by atoms with Gasteiger partial charge in [0.25, 0.3) is 0 Å². The third-order valence-corrected chi connectivity index (χ3v) is 4.27. The molecule has 38 heavy (non-hydrogen) atoms. The van der Waals surface area contributed by atoms with Crippen molar-refractivity contribution < 1.29 is 38.5 Å². The molecule has 0 aliphatic heterocycles. The molecule has 1 aromatic carbocycles. The summed E-state index contributed by atoms with van der Waals surface area (Å²) in [4.78, 5) is 44.6. The molecule has 1 N–H and O–H groups in total. The number of benzene rings is 1. The van der Waals surface area contributed by atoms with Crippen LogP contribution in [-0.4, -0.2) is 48.3 Å². The maximum absolute atomic E-state index is 11.8. The van der Waals surface area contributed by atoms with E-state index in [1.807, 2.05) is 43.3 Å². The molecule has 0 aliphatic carbocycles. The Morgan fingerprint density at radius 2 is 1.39 bits per heavy atom. The van der Waals surface area contributed by atoms with Gasteiger partial charge in [0.15, 0.2) is 0 Å². The Bertz CT molecular complexity index is 977. The van der Waals surface area contributed by atoms with E-state index in [1.54, 1.807) is 0 Å². The number of esters is 3. The summed E-state index contributed by atoms with van der Waals surface area (Å²) in [7, 11) is 0. The number of hydrogen-bond donors (Lipinski definition) is 1. The SMILES string of the molecule is C=C(C)C(=O)O.C=C(C)C(=O)OCC(CC(=C)C(=O)OCCCC)OC(=O)C(=C)C.C=Cc1ccccc1. The monoisotopic (exact) mass is 528 g/mol. The number of rotatable bonds is 13. The van der Waals surface area contributed by atoms with Gasteiger partial charge in [-0.2, -0.15) is 0 Å². The number of aliphatic carboxylic acids is 1. The second-order valence-electron chi connectivity index (χ2n) is 8.18. The molecule has 0 spiro atoms. The number of ether oxygens (including phenoxy) is 3. The van der Waals surface area contributed by atoms with Gasteiger partial charge in [-0.3, -0.25) is 0 Å². The van der Waals surface area contributed by atoms with Gasteiger partial charge in [-0.15, -0.1) is 0 Å². The first kappa shape index (κ1) is 36.0. The molecule has 0 bridgehead atoms. The van der Waals surface area contributed by atoms with Crippen LogP contribution in [0, 0.1) is 0 Å². The average molecular weight is 529 g/mol. The normalized spacial score (nSPS) is 10.0. The molecule has 0 fully saturated rings. The molecule has 0 saturated heterocycles. The summed E-state index contributed by atoms with van der Waals surface area (Å²) in [5.74, 6) is -2.75. The van der Waals surface area contributed by atoms with Crippen LogP contribution in [0.25, 0.3) is 6.08 Å². The van der Waals surface area contributed by atoms with E-state index in [9.17, 15) is 19.2 Å². The van der Waals surface area contributed by atoms with Crippen LogP contribution in [0.5, 0.6) is 0 Å². The Kier molecular flexibility index (Phi) is 19.8. The van der Waals surface area contributed by atoms with E-state index in [0.717, 1.165) is 12.8 Å². The Hall–Kier alpha value is -4.20. The van der Waals surface area contributed by atoms with Gasteiger partial charge in [-0.1, -0.05) is 82.6 Å². The number of unbranched alkanes of at least 4 members (excludes halogenated alkanes) is 1. The van der Waals surface area contributed by atoms with Crippen LogP contribution in [0.15, 0.2) is 85.5 Å². The van der Waals surface area contributed by atoms with Crippen molar-refractivity contribution in [3.8, 4) is 0 Å². The third kappa shape index (κ3) is 19.0. The Balaban J connectivity index is 0. The van der Waals surface area contributed by atoms with Crippen molar-refractivity contribution in [2.24, 2.45) is 0 Å². The van der Waals surface area contributed by atoms with Gasteiger partial charge in [0.1, 0.15) is 12.7 Å². The van der Waals surface area contributed by atoms with Gasteiger partial charge < -0.3 is 19.3 Å². The first-order valence-corrected chi connectivity index (χ1v) is 11.9. The predicted octanol–water partition coefficient (Wildman–Crippen LogP) is 5.86. The van der Waals surface area contributed by atoms with Crippen molar-refractivity contribution in [2.45, 2.75) is 53.1 Å². The zero-order valence-corrected chi connectivity index (χ0v) is 22.9. The fraction of sp³-hybridized carbons (Fsp3) is 0.333. The molecule has 0 aliphatic rings. The first-order chi connectivity index (χ1) is 17.8. The Labute approximate surface area is 226 Å². The molecular formula is C30H40O8. The van der Waals surface area contributed by atoms with E-state index in [4.69, 9.17) is 19.3 Å². The highest BCUT2D eigenvalue weighted by molar-refractivity contribution is 5.89. The van der Waals surface area contributed by atoms with Crippen molar-refractivity contribution in [2.75, 3.05) is 13.2 Å². The lowest BCUT2D eigenvalue weighted by atomic mass is 10.1. The van der Waals surface area contributed by atoms with E-state index >= 15 is 0 Å². The Morgan fingerprint density at radius 1 is 0.868 bits per heavy atom. The largest absolute Gasteiger partial charge is 0.478 e. The fourth-order valence-electron chi connectivity index (χ4n) is 2.04. The molecule has 1 unspecified atom stereocenters. The predicted molar refractivity (Wildman–Crippen MR) is 149 cm³/mol. The molecule has 0 heterocycles. The number of hydrogen-bond acceptors (Lipinski definition) is 7. The molecule has 0 amide bonds. The lowest BCUT2D eigenvalue weighted by Gasteiger charge is -2.18. The van der Waals surface area contributed by atoms with Crippen LogP contribution in [0.4, 0.5) is 0 Å². The highest BCUT2D eigenvalue weighted by atomic mass is 16.6. The van der Waals surface area contributed by atoms with Crippen molar-refractivity contribution in [3.63, 3.8) is 0 Å². The van der Waals surface area contributed by atoms with Crippen molar-refractivity contribution in [1.82, 2.24) is 0 Å². The van der Waals surface area contributed by atoms with Crippen LogP contribution < -0.4 is 0 Å². The molecule has 8 heteroatoms. The number of carboxylic acids is 1. The van der Waals surface area contributed by atoms with E-state index in [-0.39, 0.29) is 35.3 Å². The number of carboxylic acid groups (broad SMARTS) is 1. The van der Waals surface area contributed by atoms with Crippen molar-refractivity contribution in [3.05, 3.63) is 91.1 Å². The summed E-state index contributed by atoms with van der Waals surface area (Å²) < 4.78 is 15.2. The highest BCUT2D eigenvalue weighted by Crippen LogP contribution is 2.12. The minimum absolute atomic E-state index is 0.00650. The Morgan fingerprint density at radius 3 is 1.79 bits per heavy atom. The second-order valence-corrected chi connectivity index (χ2v) is 8.18. The maximum Gasteiger partial charge on any atom is 0.333 e. The summed E-state index contributed by atoms with van der Waals surface area (Å²) in [5.41, 5.74) is 1.90. The topological polar surface area (TPSA) is 116 Å². The molecule has 1 rings (SSSR count). The van der Waals surface area contributed by atoms with E-state index < -0.39 is 30.0 Å². The molecule has 0 aromatic heterocycles. The fourth-order valence-corrected chi connectivity index (χ4v) is 2.04. The first-order valence-electron chi connectivity index (χ1n) is 11.9. The highest BCUT2D eigenvalue weighted by Gasteiger charge is 2.22. The van der Waals surface area contributed by atoms with Crippen molar-refractivity contribution in [1.29, 1.82) is 0 Å². The average Bonchev–Trinajstić information content (AvgIpc) is 2.87. The summed E-state index contributed by atoms with van der Waals surface area (Å²) >= 11 is 0. The molecular weight excluding hydrogens is 488 g/mol. The van der Waals surface area contributed by atoms with Crippen molar-refractivity contribution >= 4 is 30.0 Å². The molecule has 0 radical (unpaired) electrons. The van der Waals surface area contributed by atoms with Gasteiger partial charge in [0.2, 0.25) is 0 Å². The van der Waals surface area contributed by atoms with Gasteiger partial charge >= 0.3 is 23.9 Å². The summed E-state index contributed by atoms with van der Waals surface area (Å²) in [5, 5.41) is 7.89. The van der Waals surface area contributed by atoms with Crippen LogP contribution in [-0.2, 0) is 33.4 Å². The third-order valence-electron chi connectivity index (χ3n) is 4.27. The standard InChI is InChI=1S/C18H26O6.C8H8.C4H6O2/c1-7-8-9-22-18(21)14(6)10-15(24-17(20)13(4)5)11-23-16(19)12(2)3;1-2-8-6-4-3-5-7-8;1-3(2)4(5)6/h15H,2,4,6-11H2,1,3,5H3;2-7H,1H2;1H2,2H3,(H,5,6). The maximum atomic E-state index is 11.8. The zero-order valence-electron chi connectivity index (χ0n) is 22.9. The molecule has 1 aromatic rings. The zero-order chi connectivity index (χ0) is 29.7. The minimum atomic E-state index is -0.935. The van der Waals surface area contributed by atoms with Gasteiger partial charge in [0, 0.05) is 28.7 Å². The molecule has 1 atom stereocenters. The lowest BCUT2D eigenvalue weighted by Crippen LogP contribution is -2.27. The van der Waals surface area contributed by atoms with Crippen LogP contribution >= 0.6 is 0 Å². The molecule has 8 nitrogen and oxygen atoms in total. The van der Waals surface area contributed by atoms with Crippen LogP contribution in [0.3, 0.4) is 0 Å². The van der Waals surface area contributed by atoms with E-state index in [0.29, 0.717) is 6.61 Å². The van der Waals surface area contributed by atoms with Gasteiger partial charge in [-0.05, 0) is 32.8 Å². The lowest BCUT2D eigenvalue weighted by molar-refractivity contribution is -0.154. The summed E-state index contributed by atoms with van der Waals surface area (Å²) in [6.45, 7) is 23.9. The van der Waals surface area contributed by atoms with Crippen LogP contribution in [0.1, 0.15) is 52.5 Å². The molecule has 0 saturated carbocycles. The van der Waals surface area contributed by atoms with Gasteiger partial charge in [-0.25, -0.2) is 19.2 Å². The quantitative estimate of drug-likeness (QED) is 0.146. The smallest absolute Gasteiger partial charge is 0.333 e.